The number of amides is 1. The van der Waals surface area contributed by atoms with Gasteiger partial charge < -0.3 is 16.0 Å². The number of hydrogen-bond donors (Lipinski definition) is 2. The van der Waals surface area contributed by atoms with Gasteiger partial charge in [0.2, 0.25) is 5.95 Å². The predicted molar refractivity (Wildman–Crippen MR) is 104 cm³/mol. The van der Waals surface area contributed by atoms with E-state index in [0.717, 1.165) is 5.56 Å². The summed E-state index contributed by atoms with van der Waals surface area (Å²) in [6.07, 6.45) is 2.84. The highest BCUT2D eigenvalue weighted by molar-refractivity contribution is 7.22. The predicted octanol–water partition coefficient (Wildman–Crippen LogP) is 3.03. The van der Waals surface area contributed by atoms with E-state index < -0.39 is 6.17 Å². The number of alkyl halides is 1. The molecule has 3 N–H and O–H groups in total. The molecule has 0 aromatic carbocycles. The van der Waals surface area contributed by atoms with Crippen LogP contribution >= 0.6 is 11.3 Å². The number of likely N-dealkylation sites (tertiary alicyclic amines) is 1. The maximum Gasteiger partial charge on any atom is 0.274 e. The molecular formula is C18H19FN6OS. The molecule has 1 amide bonds. The van der Waals surface area contributed by atoms with Crippen LogP contribution in [0.3, 0.4) is 0 Å². The first-order chi connectivity index (χ1) is 13.0. The first-order valence-corrected chi connectivity index (χ1v) is 9.50. The van der Waals surface area contributed by atoms with Crippen LogP contribution in [0.1, 0.15) is 35.4 Å². The highest BCUT2D eigenvalue weighted by atomic mass is 32.1. The number of hydrogen-bond acceptors (Lipinski definition) is 7. The van der Waals surface area contributed by atoms with E-state index in [1.807, 2.05) is 19.1 Å². The first kappa shape index (κ1) is 17.6. The van der Waals surface area contributed by atoms with Gasteiger partial charge >= 0.3 is 0 Å². The van der Waals surface area contributed by atoms with Gasteiger partial charge in [0.1, 0.15) is 6.17 Å². The molecule has 1 aliphatic heterocycles. The maximum absolute atomic E-state index is 13.5. The topological polar surface area (TPSA) is 97.0 Å². The van der Waals surface area contributed by atoms with Crippen molar-refractivity contribution in [1.29, 1.82) is 0 Å². The molecule has 3 aromatic rings. The lowest BCUT2D eigenvalue weighted by Gasteiger charge is -2.17. The molecule has 9 heteroatoms. The summed E-state index contributed by atoms with van der Waals surface area (Å²) in [4.78, 5) is 27.5. The second-order valence-electron chi connectivity index (χ2n) is 6.55. The highest BCUT2D eigenvalue weighted by Crippen LogP contribution is 2.31. The number of carbonyl (C=O) groups excluding carboxylic acids is 1. The van der Waals surface area contributed by atoms with Crippen molar-refractivity contribution in [2.75, 3.05) is 24.1 Å². The first-order valence-electron chi connectivity index (χ1n) is 8.68. The van der Waals surface area contributed by atoms with Crippen molar-refractivity contribution in [3.8, 4) is 0 Å². The molecule has 1 fully saturated rings. The van der Waals surface area contributed by atoms with Crippen LogP contribution < -0.4 is 11.1 Å². The number of rotatable bonds is 4. The fourth-order valence-corrected chi connectivity index (χ4v) is 3.96. The van der Waals surface area contributed by atoms with Crippen LogP contribution in [0.2, 0.25) is 0 Å². The molecule has 2 atom stereocenters. The molecule has 0 bridgehead atoms. The molecule has 0 spiro atoms. The van der Waals surface area contributed by atoms with E-state index in [4.69, 9.17) is 5.73 Å². The van der Waals surface area contributed by atoms with Crippen molar-refractivity contribution in [2.45, 2.75) is 25.6 Å². The minimum atomic E-state index is -0.983. The normalized spacial score (nSPS) is 18.0. The van der Waals surface area contributed by atoms with E-state index in [0.29, 0.717) is 34.1 Å². The molecular weight excluding hydrogens is 367 g/mol. The highest BCUT2D eigenvalue weighted by Gasteiger charge is 2.29. The van der Waals surface area contributed by atoms with Crippen LogP contribution in [0.15, 0.2) is 30.6 Å². The number of pyridine rings is 1. The number of nitrogens with zero attached hydrogens (tertiary/aromatic N) is 4. The third-order valence-corrected chi connectivity index (χ3v) is 5.50. The van der Waals surface area contributed by atoms with Gasteiger partial charge in [-0.3, -0.25) is 9.78 Å². The number of anilines is 2. The average molecular weight is 386 g/mol. The van der Waals surface area contributed by atoms with Crippen molar-refractivity contribution < 1.29 is 9.18 Å². The van der Waals surface area contributed by atoms with Crippen LogP contribution in [0.5, 0.6) is 0 Å². The smallest absolute Gasteiger partial charge is 0.274 e. The Morgan fingerprint density at radius 1 is 1.48 bits per heavy atom. The molecule has 0 aliphatic carbocycles. The SMILES string of the molecule is CC(Nc1nc(C(=O)N2CC[C@H](F)C2)c2sc(N)cc2n1)c1cccnc1. The van der Waals surface area contributed by atoms with E-state index >= 15 is 0 Å². The lowest BCUT2D eigenvalue weighted by molar-refractivity contribution is 0.0779. The largest absolute Gasteiger partial charge is 0.391 e. The Morgan fingerprint density at radius 3 is 3.04 bits per heavy atom. The number of carbonyl (C=O) groups is 1. The van der Waals surface area contributed by atoms with Crippen molar-refractivity contribution in [3.05, 3.63) is 41.9 Å². The van der Waals surface area contributed by atoms with Crippen LogP contribution in [0.25, 0.3) is 10.2 Å². The van der Waals surface area contributed by atoms with Gasteiger partial charge in [0.15, 0.2) is 5.69 Å². The standard InChI is InChI=1S/C18H19FN6OS/c1-10(11-3-2-5-21-8-11)22-18-23-13-7-14(20)27-16(13)15(24-18)17(26)25-6-4-12(19)9-25/h2-3,5,7-8,10,12H,4,6,9,20H2,1H3,(H,22,23,24)/t10?,12-/m0/s1. The zero-order valence-electron chi connectivity index (χ0n) is 14.7. The van der Waals surface area contributed by atoms with Gasteiger partial charge in [-0.1, -0.05) is 6.07 Å². The van der Waals surface area contributed by atoms with E-state index in [-0.39, 0.29) is 24.2 Å². The molecule has 3 aromatic heterocycles. The Labute approximate surface area is 159 Å². The van der Waals surface area contributed by atoms with Crippen LogP contribution in [0, 0.1) is 0 Å². The Hall–Kier alpha value is -2.81. The fraction of sp³-hybridized carbons (Fsp3) is 0.333. The number of nitrogen functional groups attached to an aromatic ring is 1. The molecule has 27 heavy (non-hydrogen) atoms. The maximum atomic E-state index is 13.5. The zero-order chi connectivity index (χ0) is 19.0. The molecule has 1 unspecified atom stereocenters. The summed E-state index contributed by atoms with van der Waals surface area (Å²) in [6, 6.07) is 5.42. The monoisotopic (exact) mass is 386 g/mol. The number of nitrogens with one attached hydrogen (secondary N) is 1. The molecule has 1 aliphatic rings. The average Bonchev–Trinajstić information content (AvgIpc) is 3.26. The van der Waals surface area contributed by atoms with Gasteiger partial charge in [-0.15, -0.1) is 11.3 Å². The van der Waals surface area contributed by atoms with Gasteiger partial charge in [-0.05, 0) is 31.0 Å². The summed E-state index contributed by atoms with van der Waals surface area (Å²) in [6.45, 7) is 2.45. The minimum Gasteiger partial charge on any atom is -0.391 e. The van der Waals surface area contributed by atoms with Crippen LogP contribution in [-0.2, 0) is 0 Å². The lowest BCUT2D eigenvalue weighted by Crippen LogP contribution is -2.30. The second-order valence-corrected chi connectivity index (χ2v) is 7.63. The van der Waals surface area contributed by atoms with Gasteiger partial charge in [0.25, 0.3) is 5.91 Å². The van der Waals surface area contributed by atoms with Gasteiger partial charge in [-0.2, -0.15) is 0 Å². The van der Waals surface area contributed by atoms with E-state index in [9.17, 15) is 9.18 Å². The number of fused-ring (bicyclic) bond motifs is 1. The second kappa shape index (κ2) is 7.07. The molecule has 4 heterocycles. The summed E-state index contributed by atoms with van der Waals surface area (Å²) in [7, 11) is 0. The van der Waals surface area contributed by atoms with Crippen LogP contribution in [-0.4, -0.2) is 45.0 Å². The molecule has 4 rings (SSSR count). The Kier molecular flexibility index (Phi) is 4.61. The summed E-state index contributed by atoms with van der Waals surface area (Å²) < 4.78 is 14.2. The van der Waals surface area contributed by atoms with Crippen molar-refractivity contribution >= 4 is 38.4 Å². The molecule has 140 valence electrons. The summed E-state index contributed by atoms with van der Waals surface area (Å²) >= 11 is 1.26. The molecule has 0 saturated carbocycles. The van der Waals surface area contributed by atoms with E-state index in [1.165, 1.54) is 16.2 Å². The Bertz CT molecular complexity index is 979. The fourth-order valence-electron chi connectivity index (χ4n) is 3.12. The van der Waals surface area contributed by atoms with Gasteiger partial charge in [0, 0.05) is 18.9 Å². The van der Waals surface area contributed by atoms with Crippen molar-refractivity contribution in [1.82, 2.24) is 19.9 Å². The Morgan fingerprint density at radius 2 is 2.33 bits per heavy atom. The summed E-state index contributed by atoms with van der Waals surface area (Å²) in [5, 5.41) is 3.76. The van der Waals surface area contributed by atoms with E-state index in [1.54, 1.807) is 18.5 Å². The molecule has 0 radical (unpaired) electrons. The third-order valence-electron chi connectivity index (χ3n) is 4.54. The minimum absolute atomic E-state index is 0.0973. The summed E-state index contributed by atoms with van der Waals surface area (Å²) in [5.41, 5.74) is 7.75. The molecule has 1 saturated heterocycles. The van der Waals surface area contributed by atoms with E-state index in [2.05, 4.69) is 20.3 Å². The van der Waals surface area contributed by atoms with Crippen molar-refractivity contribution in [3.63, 3.8) is 0 Å². The number of thiophene rings is 1. The van der Waals surface area contributed by atoms with Crippen LogP contribution in [0.4, 0.5) is 15.3 Å². The number of halogens is 1. The van der Waals surface area contributed by atoms with Gasteiger partial charge in [-0.25, -0.2) is 14.4 Å². The molecule has 7 nitrogen and oxygen atoms in total. The Balaban J connectivity index is 1.69. The summed E-state index contributed by atoms with van der Waals surface area (Å²) in [5.74, 6) is 0.0393. The zero-order valence-corrected chi connectivity index (χ0v) is 15.5. The number of nitrogens with two attached hydrogens (primary N) is 1. The van der Waals surface area contributed by atoms with Gasteiger partial charge in [0.05, 0.1) is 27.8 Å². The lowest BCUT2D eigenvalue weighted by atomic mass is 10.1. The number of aromatic nitrogens is 3. The third kappa shape index (κ3) is 3.55. The van der Waals surface area contributed by atoms with Crippen molar-refractivity contribution in [2.24, 2.45) is 0 Å². The quantitative estimate of drug-likeness (QED) is 0.715.